The second-order valence-corrected chi connectivity index (χ2v) is 3.42. The van der Waals surface area contributed by atoms with Crippen LogP contribution in [0, 0.1) is 0 Å². The number of methoxy groups -OCH3 is 1. The van der Waals surface area contributed by atoms with Crippen molar-refractivity contribution in [3.8, 4) is 0 Å². The number of ether oxygens (including phenoxy) is 2. The Bertz CT molecular complexity index is 250. The van der Waals surface area contributed by atoms with Gasteiger partial charge in [-0.15, -0.1) is 0 Å². The molecule has 0 fully saturated rings. The van der Waals surface area contributed by atoms with Crippen molar-refractivity contribution in [3.63, 3.8) is 0 Å². The normalized spacial score (nSPS) is 23.7. The summed E-state index contributed by atoms with van der Waals surface area (Å²) in [5.41, 5.74) is 0.501. The van der Waals surface area contributed by atoms with Crippen LogP contribution in [0.25, 0.3) is 0 Å². The molecule has 1 N–H and O–H groups in total. The average molecular weight is 199 g/mol. The molecule has 2 atom stereocenters. The molecule has 0 aromatic rings. The molecule has 1 rings (SSSR count). The first-order valence-corrected chi connectivity index (χ1v) is 4.61. The molecular weight excluding hydrogens is 182 g/mol. The number of hydrogen-bond donors (Lipinski definition) is 1. The summed E-state index contributed by atoms with van der Waals surface area (Å²) < 4.78 is 10.5. The maximum Gasteiger partial charge on any atom is 0.142 e. The first-order chi connectivity index (χ1) is 6.56. The van der Waals surface area contributed by atoms with E-state index in [0.29, 0.717) is 18.1 Å². The maximum atomic E-state index is 9.43. The summed E-state index contributed by atoms with van der Waals surface area (Å²) in [6.07, 6.45) is 1.86. The lowest BCUT2D eigenvalue weighted by Crippen LogP contribution is -2.22. The van der Waals surface area contributed by atoms with Crippen molar-refractivity contribution in [1.82, 2.24) is 5.06 Å². The van der Waals surface area contributed by atoms with E-state index in [9.17, 15) is 5.21 Å². The Hall–Kier alpha value is -1.00. The average Bonchev–Trinajstić information content (AvgIpc) is 2.42. The van der Waals surface area contributed by atoms with Crippen molar-refractivity contribution < 1.29 is 14.7 Å². The van der Waals surface area contributed by atoms with E-state index < -0.39 is 0 Å². The third-order valence-electron chi connectivity index (χ3n) is 2.22. The second kappa shape index (κ2) is 4.48. The largest absolute Gasteiger partial charge is 0.489 e. The molecule has 0 saturated carbocycles. The van der Waals surface area contributed by atoms with Crippen LogP contribution in [0.3, 0.4) is 0 Å². The molecule has 2 unspecified atom stereocenters. The molecule has 0 radical (unpaired) electrons. The van der Waals surface area contributed by atoms with Crippen molar-refractivity contribution in [2.45, 2.75) is 26.0 Å². The Balaban J connectivity index is 2.46. The highest BCUT2D eigenvalue weighted by Crippen LogP contribution is 2.24. The van der Waals surface area contributed by atoms with Crippen LogP contribution in [0.1, 0.15) is 13.8 Å². The number of nitrogens with zero attached hydrogens (tertiary/aromatic N) is 1. The molecule has 0 bridgehead atoms. The first-order valence-electron chi connectivity index (χ1n) is 4.61. The number of hydrogen-bond acceptors (Lipinski definition) is 4. The predicted molar refractivity (Wildman–Crippen MR) is 52.7 cm³/mol. The minimum atomic E-state index is -0.0737. The van der Waals surface area contributed by atoms with Crippen molar-refractivity contribution >= 4 is 0 Å². The highest BCUT2D eigenvalue weighted by molar-refractivity contribution is 5.28. The highest BCUT2D eigenvalue weighted by Gasteiger charge is 2.24. The minimum Gasteiger partial charge on any atom is -0.489 e. The molecule has 0 aliphatic carbocycles. The van der Waals surface area contributed by atoms with E-state index in [-0.39, 0.29) is 12.1 Å². The fraction of sp³-hybridized carbons (Fsp3) is 0.600. The maximum absolute atomic E-state index is 9.43. The Labute approximate surface area is 84.4 Å². The molecule has 1 aliphatic heterocycles. The fourth-order valence-electron chi connectivity index (χ4n) is 1.15. The van der Waals surface area contributed by atoms with Crippen LogP contribution in [-0.2, 0) is 9.47 Å². The molecular formula is C10H17NO3. The quantitative estimate of drug-likeness (QED) is 0.745. The van der Waals surface area contributed by atoms with E-state index >= 15 is 0 Å². The van der Waals surface area contributed by atoms with Crippen LogP contribution < -0.4 is 0 Å². The molecule has 1 aliphatic rings. The summed E-state index contributed by atoms with van der Waals surface area (Å²) in [5.74, 6) is 0.629. The molecule has 0 aromatic carbocycles. The van der Waals surface area contributed by atoms with Crippen molar-refractivity contribution in [2.75, 3.05) is 13.7 Å². The fourth-order valence-corrected chi connectivity index (χ4v) is 1.15. The Kier molecular flexibility index (Phi) is 3.55. The van der Waals surface area contributed by atoms with Gasteiger partial charge in [-0.25, -0.2) is 5.06 Å². The summed E-state index contributed by atoms with van der Waals surface area (Å²) in [6.45, 7) is 7.95. The minimum absolute atomic E-state index is 0.0340. The van der Waals surface area contributed by atoms with Gasteiger partial charge in [0.15, 0.2) is 0 Å². The van der Waals surface area contributed by atoms with Gasteiger partial charge in [0.1, 0.15) is 12.4 Å². The smallest absolute Gasteiger partial charge is 0.142 e. The first kappa shape index (κ1) is 11.1. The van der Waals surface area contributed by atoms with Crippen molar-refractivity contribution in [3.05, 3.63) is 24.1 Å². The standard InChI is InChI=1S/C10H17NO3/c1-7-5-10(9(3)11(7)12)14-6-8(2)13-4/h5,7-8,12H,3,6H2,1-2,4H3. The molecule has 4 heteroatoms. The van der Waals surface area contributed by atoms with Crippen LogP contribution in [0.15, 0.2) is 24.1 Å². The molecule has 0 aromatic heterocycles. The van der Waals surface area contributed by atoms with Gasteiger partial charge in [0.2, 0.25) is 0 Å². The van der Waals surface area contributed by atoms with Crippen LogP contribution >= 0.6 is 0 Å². The van der Waals surface area contributed by atoms with Crippen LogP contribution in [-0.4, -0.2) is 36.1 Å². The zero-order valence-electron chi connectivity index (χ0n) is 8.86. The van der Waals surface area contributed by atoms with E-state index in [0.717, 1.165) is 5.06 Å². The third-order valence-corrected chi connectivity index (χ3v) is 2.22. The summed E-state index contributed by atoms with van der Waals surface area (Å²) in [6, 6.07) is -0.0737. The van der Waals surface area contributed by atoms with Gasteiger partial charge < -0.3 is 9.47 Å². The molecule has 1 heterocycles. The van der Waals surface area contributed by atoms with Gasteiger partial charge in [-0.2, -0.15) is 0 Å². The monoisotopic (exact) mass is 199 g/mol. The highest BCUT2D eigenvalue weighted by atomic mass is 16.5. The molecule has 0 spiro atoms. The second-order valence-electron chi connectivity index (χ2n) is 3.42. The lowest BCUT2D eigenvalue weighted by Gasteiger charge is -2.17. The van der Waals surface area contributed by atoms with Gasteiger partial charge in [-0.1, -0.05) is 6.58 Å². The molecule has 0 saturated heterocycles. The van der Waals surface area contributed by atoms with Gasteiger partial charge in [0.05, 0.1) is 17.8 Å². The zero-order valence-corrected chi connectivity index (χ0v) is 8.86. The van der Waals surface area contributed by atoms with Gasteiger partial charge in [-0.05, 0) is 19.9 Å². The predicted octanol–water partition coefficient (Wildman–Crippen LogP) is 1.53. The third kappa shape index (κ3) is 2.27. The lowest BCUT2D eigenvalue weighted by molar-refractivity contribution is -0.0670. The Morgan fingerprint density at radius 1 is 1.71 bits per heavy atom. The van der Waals surface area contributed by atoms with Gasteiger partial charge >= 0.3 is 0 Å². The Morgan fingerprint density at radius 3 is 2.79 bits per heavy atom. The summed E-state index contributed by atoms with van der Waals surface area (Å²) in [4.78, 5) is 0. The van der Waals surface area contributed by atoms with Crippen molar-refractivity contribution in [1.29, 1.82) is 0 Å². The molecule has 14 heavy (non-hydrogen) atoms. The van der Waals surface area contributed by atoms with E-state index in [2.05, 4.69) is 6.58 Å². The van der Waals surface area contributed by atoms with Crippen LogP contribution in [0.5, 0.6) is 0 Å². The topological polar surface area (TPSA) is 41.9 Å². The summed E-state index contributed by atoms with van der Waals surface area (Å²) in [7, 11) is 1.63. The van der Waals surface area contributed by atoms with Crippen molar-refractivity contribution in [2.24, 2.45) is 0 Å². The Morgan fingerprint density at radius 2 is 2.36 bits per heavy atom. The van der Waals surface area contributed by atoms with Gasteiger partial charge in [0, 0.05) is 7.11 Å². The zero-order chi connectivity index (χ0) is 10.7. The number of rotatable bonds is 4. The van der Waals surface area contributed by atoms with E-state index in [1.54, 1.807) is 7.11 Å². The summed E-state index contributed by atoms with van der Waals surface area (Å²) >= 11 is 0. The van der Waals surface area contributed by atoms with E-state index in [1.165, 1.54) is 0 Å². The number of hydroxylamine groups is 2. The van der Waals surface area contributed by atoms with E-state index in [1.807, 2.05) is 19.9 Å². The molecule has 4 nitrogen and oxygen atoms in total. The van der Waals surface area contributed by atoms with E-state index in [4.69, 9.17) is 9.47 Å². The van der Waals surface area contributed by atoms with Gasteiger partial charge in [0.25, 0.3) is 0 Å². The lowest BCUT2D eigenvalue weighted by atomic mass is 10.3. The van der Waals surface area contributed by atoms with Gasteiger partial charge in [-0.3, -0.25) is 5.21 Å². The SMILES string of the molecule is C=C1C(OCC(C)OC)=CC(C)N1O. The summed E-state index contributed by atoms with van der Waals surface area (Å²) in [5, 5.41) is 10.5. The van der Waals surface area contributed by atoms with Crippen LogP contribution in [0.2, 0.25) is 0 Å². The molecule has 80 valence electrons. The molecule has 0 amide bonds. The van der Waals surface area contributed by atoms with Crippen LogP contribution in [0.4, 0.5) is 0 Å².